The van der Waals surface area contributed by atoms with Crippen molar-refractivity contribution in [1.29, 1.82) is 0 Å². The first-order chi connectivity index (χ1) is 12.1. The fraction of sp³-hybridized carbons (Fsp3) is 0.211. The zero-order chi connectivity index (χ0) is 17.8. The lowest BCUT2D eigenvalue weighted by Crippen LogP contribution is -2.06. The van der Waals surface area contributed by atoms with Crippen LogP contribution in [0.1, 0.15) is 18.1 Å². The number of hydrogen-bond acceptors (Lipinski definition) is 4. The van der Waals surface area contributed by atoms with E-state index in [1.807, 2.05) is 48.7 Å². The summed E-state index contributed by atoms with van der Waals surface area (Å²) in [5.74, 6) is 0.586. The van der Waals surface area contributed by atoms with Gasteiger partial charge in [-0.15, -0.1) is 11.3 Å². The third-order valence-electron chi connectivity index (χ3n) is 3.68. The van der Waals surface area contributed by atoms with Crippen molar-refractivity contribution in [2.75, 3.05) is 6.61 Å². The van der Waals surface area contributed by atoms with Gasteiger partial charge in [-0.05, 0) is 76.2 Å². The van der Waals surface area contributed by atoms with Crippen LogP contribution in [-0.4, -0.2) is 12.6 Å². The van der Waals surface area contributed by atoms with Crippen LogP contribution in [0.15, 0.2) is 41.8 Å². The fourth-order valence-electron chi connectivity index (χ4n) is 2.46. The van der Waals surface area contributed by atoms with Gasteiger partial charge in [0.1, 0.15) is 12.4 Å². The molecule has 0 bridgehead atoms. The van der Waals surface area contributed by atoms with E-state index in [0.717, 1.165) is 30.5 Å². The number of carbonyl (C=O) groups excluding carboxylic acids is 1. The van der Waals surface area contributed by atoms with Crippen molar-refractivity contribution < 1.29 is 14.3 Å². The minimum absolute atomic E-state index is 0.198. The Morgan fingerprint density at radius 2 is 2.04 bits per heavy atom. The summed E-state index contributed by atoms with van der Waals surface area (Å²) in [6.07, 6.45) is 0.298. The number of ether oxygens (including phenoxy) is 2. The maximum atomic E-state index is 11.7. The standard InChI is InChI=1S/C19H16ClIO3S/c1-2-23-19(22)7-13-11-25-18-9-15(5-6-16(13)18)24-10-12-3-4-14(21)8-17(12)20/h3-6,8-9,11H,2,7,10H2,1H3. The second-order valence-corrected chi connectivity index (χ2v) is 7.99. The summed E-state index contributed by atoms with van der Waals surface area (Å²) in [5.41, 5.74) is 1.95. The zero-order valence-electron chi connectivity index (χ0n) is 13.6. The van der Waals surface area contributed by atoms with Crippen molar-refractivity contribution in [1.82, 2.24) is 0 Å². The Hall–Kier alpha value is -1.31. The molecule has 25 heavy (non-hydrogen) atoms. The summed E-state index contributed by atoms with van der Waals surface area (Å²) < 4.78 is 13.1. The smallest absolute Gasteiger partial charge is 0.310 e. The molecule has 0 saturated carbocycles. The van der Waals surface area contributed by atoms with Gasteiger partial charge in [-0.25, -0.2) is 0 Å². The highest BCUT2D eigenvalue weighted by Gasteiger charge is 2.11. The van der Waals surface area contributed by atoms with E-state index in [0.29, 0.717) is 24.7 Å². The van der Waals surface area contributed by atoms with Gasteiger partial charge in [0.15, 0.2) is 0 Å². The molecular weight excluding hydrogens is 471 g/mol. The Kier molecular flexibility index (Phi) is 6.19. The van der Waals surface area contributed by atoms with Crippen molar-refractivity contribution in [3.63, 3.8) is 0 Å². The van der Waals surface area contributed by atoms with Crippen LogP contribution in [-0.2, 0) is 22.6 Å². The Bertz CT molecular complexity index is 907. The van der Waals surface area contributed by atoms with E-state index in [4.69, 9.17) is 21.1 Å². The zero-order valence-corrected chi connectivity index (χ0v) is 17.3. The van der Waals surface area contributed by atoms with E-state index in [9.17, 15) is 4.79 Å². The van der Waals surface area contributed by atoms with Crippen LogP contribution in [0.5, 0.6) is 5.75 Å². The molecule has 0 N–H and O–H groups in total. The summed E-state index contributed by atoms with van der Waals surface area (Å²) in [5, 5.41) is 3.78. The molecule has 2 aromatic carbocycles. The third-order valence-corrected chi connectivity index (χ3v) is 5.69. The largest absolute Gasteiger partial charge is 0.489 e. The van der Waals surface area contributed by atoms with Gasteiger partial charge in [0, 0.05) is 18.9 Å². The first kappa shape index (κ1) is 18.5. The molecule has 0 radical (unpaired) electrons. The van der Waals surface area contributed by atoms with Gasteiger partial charge >= 0.3 is 5.97 Å². The molecule has 0 unspecified atom stereocenters. The maximum absolute atomic E-state index is 11.7. The van der Waals surface area contributed by atoms with Gasteiger partial charge in [0.05, 0.1) is 13.0 Å². The molecule has 0 amide bonds. The van der Waals surface area contributed by atoms with Gasteiger partial charge in [0.25, 0.3) is 0 Å². The number of benzene rings is 2. The second kappa shape index (κ2) is 8.38. The molecule has 0 spiro atoms. The van der Waals surface area contributed by atoms with E-state index in [1.165, 1.54) is 0 Å². The molecule has 0 aliphatic rings. The molecule has 1 heterocycles. The molecule has 6 heteroatoms. The fourth-order valence-corrected chi connectivity index (χ4v) is 4.36. The number of rotatable bonds is 6. The molecule has 0 aliphatic heterocycles. The molecule has 0 fully saturated rings. The predicted molar refractivity (Wildman–Crippen MR) is 111 cm³/mol. The first-order valence-corrected chi connectivity index (χ1v) is 10.1. The Morgan fingerprint density at radius 3 is 2.80 bits per heavy atom. The molecule has 130 valence electrons. The van der Waals surface area contributed by atoms with Crippen LogP contribution in [0.3, 0.4) is 0 Å². The van der Waals surface area contributed by atoms with Crippen LogP contribution in [0, 0.1) is 3.57 Å². The van der Waals surface area contributed by atoms with Crippen molar-refractivity contribution >= 4 is 61.6 Å². The number of esters is 1. The van der Waals surface area contributed by atoms with Crippen molar-refractivity contribution in [2.45, 2.75) is 20.0 Å². The maximum Gasteiger partial charge on any atom is 0.310 e. The number of thiophene rings is 1. The summed E-state index contributed by atoms with van der Waals surface area (Å²) in [6, 6.07) is 11.8. The van der Waals surface area contributed by atoms with Crippen LogP contribution >= 0.6 is 45.5 Å². The molecule has 0 saturated heterocycles. The third kappa shape index (κ3) is 4.65. The quantitative estimate of drug-likeness (QED) is 0.324. The van der Waals surface area contributed by atoms with E-state index in [1.54, 1.807) is 11.3 Å². The lowest BCUT2D eigenvalue weighted by molar-refractivity contribution is -0.142. The summed E-state index contributed by atoms with van der Waals surface area (Å²) >= 11 is 10.1. The number of halogens is 2. The van der Waals surface area contributed by atoms with Gasteiger partial charge < -0.3 is 9.47 Å². The Labute approximate surface area is 169 Å². The number of fused-ring (bicyclic) bond motifs is 1. The summed E-state index contributed by atoms with van der Waals surface area (Å²) in [4.78, 5) is 11.7. The van der Waals surface area contributed by atoms with E-state index >= 15 is 0 Å². The van der Waals surface area contributed by atoms with Gasteiger partial charge in [-0.2, -0.15) is 0 Å². The first-order valence-electron chi connectivity index (χ1n) is 7.79. The SMILES string of the molecule is CCOC(=O)Cc1csc2cc(OCc3ccc(I)cc3Cl)ccc12. The molecule has 3 rings (SSSR count). The van der Waals surface area contributed by atoms with Gasteiger partial charge in [-0.3, -0.25) is 4.79 Å². The predicted octanol–water partition coefficient (Wildman–Crippen LogP) is 5.84. The van der Waals surface area contributed by atoms with Crippen LogP contribution < -0.4 is 4.74 Å². The van der Waals surface area contributed by atoms with Crippen LogP contribution in [0.4, 0.5) is 0 Å². The highest BCUT2D eigenvalue weighted by Crippen LogP contribution is 2.31. The van der Waals surface area contributed by atoms with Crippen LogP contribution in [0.2, 0.25) is 5.02 Å². The number of carbonyl (C=O) groups is 1. The average molecular weight is 487 g/mol. The second-order valence-electron chi connectivity index (χ2n) is 5.43. The molecule has 3 aromatic rings. The minimum atomic E-state index is -0.198. The molecule has 0 aliphatic carbocycles. The minimum Gasteiger partial charge on any atom is -0.489 e. The summed E-state index contributed by atoms with van der Waals surface area (Å²) in [7, 11) is 0. The molecule has 3 nitrogen and oxygen atoms in total. The Balaban J connectivity index is 1.72. The van der Waals surface area contributed by atoms with Crippen molar-refractivity contribution in [2.24, 2.45) is 0 Å². The average Bonchev–Trinajstić information content (AvgIpc) is 2.96. The highest BCUT2D eigenvalue weighted by molar-refractivity contribution is 14.1. The van der Waals surface area contributed by atoms with Gasteiger partial charge in [-0.1, -0.05) is 17.7 Å². The highest BCUT2D eigenvalue weighted by atomic mass is 127. The van der Waals surface area contributed by atoms with E-state index in [2.05, 4.69) is 22.6 Å². The normalized spacial score (nSPS) is 10.8. The molecular formula is C19H16ClIO3S. The van der Waals surface area contributed by atoms with Crippen LogP contribution in [0.25, 0.3) is 10.1 Å². The monoisotopic (exact) mass is 486 g/mol. The van der Waals surface area contributed by atoms with E-state index < -0.39 is 0 Å². The topological polar surface area (TPSA) is 35.5 Å². The van der Waals surface area contributed by atoms with Crippen molar-refractivity contribution in [3.05, 3.63) is 61.5 Å². The molecule has 0 atom stereocenters. The lowest BCUT2D eigenvalue weighted by atomic mass is 10.1. The molecule has 1 aromatic heterocycles. The van der Waals surface area contributed by atoms with E-state index in [-0.39, 0.29) is 5.97 Å². The lowest BCUT2D eigenvalue weighted by Gasteiger charge is -2.08. The van der Waals surface area contributed by atoms with Gasteiger partial charge in [0.2, 0.25) is 0 Å². The Morgan fingerprint density at radius 1 is 1.20 bits per heavy atom. The summed E-state index contributed by atoms with van der Waals surface area (Å²) in [6.45, 7) is 2.63. The number of hydrogen-bond donors (Lipinski definition) is 0. The van der Waals surface area contributed by atoms with Crippen molar-refractivity contribution in [3.8, 4) is 5.75 Å².